The van der Waals surface area contributed by atoms with E-state index in [0.29, 0.717) is 11.3 Å². The number of fused-ring (bicyclic) bond motifs is 1. The van der Waals surface area contributed by atoms with E-state index in [-0.39, 0.29) is 5.97 Å². The van der Waals surface area contributed by atoms with Crippen LogP contribution < -0.4 is 0 Å². The maximum absolute atomic E-state index is 12.3. The number of carbonyl (C=O) groups is 1. The predicted octanol–water partition coefficient (Wildman–Crippen LogP) is 5.44. The van der Waals surface area contributed by atoms with Crippen molar-refractivity contribution in [2.24, 2.45) is 0 Å². The van der Waals surface area contributed by atoms with Gasteiger partial charge in [0, 0.05) is 5.56 Å². The minimum absolute atomic E-state index is 0.304. The lowest BCUT2D eigenvalue weighted by Gasteiger charge is -2.05. The number of ether oxygens (including phenoxy) is 1. The van der Waals surface area contributed by atoms with Crippen molar-refractivity contribution in [2.75, 3.05) is 0 Å². The average molecular weight is 326 g/mol. The van der Waals surface area contributed by atoms with Gasteiger partial charge in [-0.25, -0.2) is 4.79 Å². The highest BCUT2D eigenvalue weighted by atomic mass is 16.5. The molecular formula is C23H18O2. The van der Waals surface area contributed by atoms with E-state index in [1.54, 1.807) is 0 Å². The molecular weight excluding hydrogens is 308 g/mol. The third-order valence-electron chi connectivity index (χ3n) is 4.65. The first kappa shape index (κ1) is 15.4. The first-order valence-corrected chi connectivity index (χ1v) is 8.33. The van der Waals surface area contributed by atoms with E-state index in [1.165, 1.54) is 11.1 Å². The molecule has 0 aliphatic carbocycles. The normalized spacial score (nSPS) is 15.5. The Labute approximate surface area is 147 Å². The summed E-state index contributed by atoms with van der Waals surface area (Å²) in [6.07, 6.45) is 3.73. The fourth-order valence-electron chi connectivity index (χ4n) is 3.07. The van der Waals surface area contributed by atoms with Crippen LogP contribution in [0.5, 0.6) is 0 Å². The number of esters is 1. The topological polar surface area (TPSA) is 26.3 Å². The molecule has 0 unspecified atom stereocenters. The number of aryl methyl sites for hydroxylation is 2. The van der Waals surface area contributed by atoms with Crippen LogP contribution in [0.2, 0.25) is 0 Å². The summed E-state index contributed by atoms with van der Waals surface area (Å²) in [6.45, 7) is 4.13. The van der Waals surface area contributed by atoms with E-state index in [0.717, 1.165) is 21.9 Å². The van der Waals surface area contributed by atoms with E-state index in [1.807, 2.05) is 48.6 Å². The van der Waals surface area contributed by atoms with Crippen molar-refractivity contribution in [3.8, 4) is 0 Å². The first-order valence-electron chi connectivity index (χ1n) is 8.33. The Morgan fingerprint density at radius 1 is 0.880 bits per heavy atom. The first-order chi connectivity index (χ1) is 12.1. The van der Waals surface area contributed by atoms with E-state index >= 15 is 0 Å². The molecule has 1 aliphatic heterocycles. The van der Waals surface area contributed by atoms with E-state index in [2.05, 4.69) is 38.1 Å². The van der Waals surface area contributed by atoms with Crippen LogP contribution in [0, 0.1) is 13.8 Å². The summed E-state index contributed by atoms with van der Waals surface area (Å²) in [5.41, 5.74) is 4.92. The van der Waals surface area contributed by atoms with Gasteiger partial charge in [0.15, 0.2) is 0 Å². The monoisotopic (exact) mass is 326 g/mol. The number of rotatable bonds is 2. The largest absolute Gasteiger partial charge is 0.422 e. The maximum Gasteiger partial charge on any atom is 0.343 e. The summed E-state index contributed by atoms with van der Waals surface area (Å²) in [7, 11) is 0. The number of carbonyl (C=O) groups excluding carboxylic acids is 1. The third kappa shape index (κ3) is 2.87. The molecule has 0 radical (unpaired) electrons. The molecule has 25 heavy (non-hydrogen) atoms. The smallest absolute Gasteiger partial charge is 0.343 e. The molecule has 4 rings (SSSR count). The minimum atomic E-state index is -0.304. The Kier molecular flexibility index (Phi) is 3.73. The fourth-order valence-corrected chi connectivity index (χ4v) is 3.07. The second-order valence-corrected chi connectivity index (χ2v) is 6.37. The molecule has 0 saturated carbocycles. The SMILES string of the molecule is Cc1ccc(C2=CC(=Cc3cccc4ccccc34)C(=O)O2)cc1C. The van der Waals surface area contributed by atoms with Gasteiger partial charge in [-0.3, -0.25) is 0 Å². The van der Waals surface area contributed by atoms with E-state index < -0.39 is 0 Å². The van der Waals surface area contributed by atoms with E-state index in [4.69, 9.17) is 4.74 Å². The molecule has 0 atom stereocenters. The number of cyclic esters (lactones) is 1. The van der Waals surface area contributed by atoms with Gasteiger partial charge in [0.05, 0.1) is 5.57 Å². The quantitative estimate of drug-likeness (QED) is 0.463. The summed E-state index contributed by atoms with van der Waals surface area (Å²) in [5.74, 6) is 0.306. The lowest BCUT2D eigenvalue weighted by Crippen LogP contribution is -1.97. The molecule has 122 valence electrons. The van der Waals surface area contributed by atoms with Gasteiger partial charge in [-0.1, -0.05) is 54.6 Å². The lowest BCUT2D eigenvalue weighted by molar-refractivity contribution is -0.130. The highest BCUT2D eigenvalue weighted by molar-refractivity contribution is 6.06. The van der Waals surface area contributed by atoms with Gasteiger partial charge >= 0.3 is 5.97 Å². The average Bonchev–Trinajstić information content (AvgIpc) is 2.98. The molecule has 0 amide bonds. The van der Waals surface area contributed by atoms with Crippen molar-refractivity contribution >= 4 is 28.6 Å². The zero-order valence-corrected chi connectivity index (χ0v) is 14.2. The van der Waals surface area contributed by atoms with Crippen molar-refractivity contribution in [2.45, 2.75) is 13.8 Å². The fraction of sp³-hybridized carbons (Fsp3) is 0.0870. The highest BCUT2D eigenvalue weighted by Crippen LogP contribution is 2.30. The summed E-state index contributed by atoms with van der Waals surface area (Å²) in [4.78, 5) is 12.3. The molecule has 3 aromatic carbocycles. The number of hydrogen-bond acceptors (Lipinski definition) is 2. The second kappa shape index (κ2) is 6.06. The van der Waals surface area contributed by atoms with Gasteiger partial charge in [-0.15, -0.1) is 0 Å². The lowest BCUT2D eigenvalue weighted by atomic mass is 10.0. The summed E-state index contributed by atoms with van der Waals surface area (Å²) >= 11 is 0. The minimum Gasteiger partial charge on any atom is -0.422 e. The number of benzene rings is 3. The molecule has 1 aliphatic rings. The van der Waals surface area contributed by atoms with Crippen LogP contribution in [0.15, 0.2) is 72.3 Å². The molecule has 0 spiro atoms. The van der Waals surface area contributed by atoms with Crippen molar-refractivity contribution in [1.82, 2.24) is 0 Å². The molecule has 0 fully saturated rings. The highest BCUT2D eigenvalue weighted by Gasteiger charge is 2.22. The Bertz CT molecular complexity index is 1050. The Hall–Kier alpha value is -3.13. The molecule has 2 heteroatoms. The Balaban J connectivity index is 1.77. The Morgan fingerprint density at radius 3 is 2.52 bits per heavy atom. The molecule has 3 aromatic rings. The van der Waals surface area contributed by atoms with Crippen molar-refractivity contribution in [3.05, 3.63) is 94.6 Å². The molecule has 1 heterocycles. The van der Waals surface area contributed by atoms with Crippen LogP contribution in [-0.2, 0) is 9.53 Å². The second-order valence-electron chi connectivity index (χ2n) is 6.37. The van der Waals surface area contributed by atoms with Gasteiger partial charge in [0.1, 0.15) is 5.76 Å². The predicted molar refractivity (Wildman–Crippen MR) is 102 cm³/mol. The van der Waals surface area contributed by atoms with Gasteiger partial charge in [-0.05, 0) is 59.5 Å². The van der Waals surface area contributed by atoms with Crippen LogP contribution in [0.3, 0.4) is 0 Å². The van der Waals surface area contributed by atoms with Crippen molar-refractivity contribution in [1.29, 1.82) is 0 Å². The van der Waals surface area contributed by atoms with Crippen molar-refractivity contribution in [3.63, 3.8) is 0 Å². The molecule has 0 saturated heterocycles. The summed E-state index contributed by atoms with van der Waals surface area (Å²) < 4.78 is 5.49. The zero-order valence-electron chi connectivity index (χ0n) is 14.2. The van der Waals surface area contributed by atoms with Crippen LogP contribution in [0.4, 0.5) is 0 Å². The van der Waals surface area contributed by atoms with E-state index in [9.17, 15) is 4.79 Å². The van der Waals surface area contributed by atoms with Gasteiger partial charge < -0.3 is 4.74 Å². The van der Waals surface area contributed by atoms with Crippen molar-refractivity contribution < 1.29 is 9.53 Å². The van der Waals surface area contributed by atoms with Crippen LogP contribution in [0.25, 0.3) is 22.6 Å². The summed E-state index contributed by atoms with van der Waals surface area (Å²) in [5, 5.41) is 2.28. The zero-order chi connectivity index (χ0) is 17.4. The third-order valence-corrected chi connectivity index (χ3v) is 4.65. The molecule has 0 bridgehead atoms. The molecule has 0 aromatic heterocycles. The summed E-state index contributed by atoms with van der Waals surface area (Å²) in [6, 6.07) is 20.3. The van der Waals surface area contributed by atoms with Crippen LogP contribution in [-0.4, -0.2) is 5.97 Å². The standard InChI is InChI=1S/C23H18O2/c1-15-10-11-19(12-16(15)2)22-14-20(23(24)25-22)13-18-8-5-7-17-6-3-4-9-21(17)18/h3-14H,1-2H3. The van der Waals surface area contributed by atoms with Gasteiger partial charge in [0.2, 0.25) is 0 Å². The molecule has 0 N–H and O–H groups in total. The van der Waals surface area contributed by atoms with Gasteiger partial charge in [0.25, 0.3) is 0 Å². The molecule has 2 nitrogen and oxygen atoms in total. The number of hydrogen-bond donors (Lipinski definition) is 0. The maximum atomic E-state index is 12.3. The van der Waals surface area contributed by atoms with Crippen LogP contribution >= 0.6 is 0 Å². The Morgan fingerprint density at radius 2 is 1.68 bits per heavy atom. The van der Waals surface area contributed by atoms with Crippen LogP contribution in [0.1, 0.15) is 22.3 Å². The van der Waals surface area contributed by atoms with Gasteiger partial charge in [-0.2, -0.15) is 0 Å².